The maximum Gasteiger partial charge on any atom is 0.397 e. The highest BCUT2D eigenvalue weighted by molar-refractivity contribution is 5.88. The molecule has 0 atom stereocenters. The summed E-state index contributed by atoms with van der Waals surface area (Å²) in [6.07, 6.45) is 0. The zero-order valence-corrected chi connectivity index (χ0v) is 10.5. The van der Waals surface area contributed by atoms with Crippen LogP contribution in [0.3, 0.4) is 0 Å². The second-order valence-corrected chi connectivity index (χ2v) is 4.18. The monoisotopic (exact) mass is 242 g/mol. The Morgan fingerprint density at radius 2 is 1.72 bits per heavy atom. The van der Waals surface area contributed by atoms with Gasteiger partial charge in [0.05, 0.1) is 5.56 Å². The zero-order chi connectivity index (χ0) is 13.0. The van der Waals surface area contributed by atoms with Crippen molar-refractivity contribution in [2.24, 2.45) is 0 Å². The van der Waals surface area contributed by atoms with Gasteiger partial charge in [0.1, 0.15) is 0 Å². The lowest BCUT2D eigenvalue weighted by Gasteiger charge is -2.05. The molecule has 0 aliphatic heterocycles. The number of benzene rings is 2. The van der Waals surface area contributed by atoms with E-state index in [9.17, 15) is 4.79 Å². The van der Waals surface area contributed by atoms with E-state index in [2.05, 4.69) is 0 Å². The smallest absolute Gasteiger partial charge is 0.269 e. The number of hydrogen-bond donors (Lipinski definition) is 1. The third-order valence-corrected chi connectivity index (χ3v) is 2.95. The zero-order valence-electron chi connectivity index (χ0n) is 10.5. The minimum absolute atomic E-state index is 0.337. The molecule has 0 saturated heterocycles. The van der Waals surface area contributed by atoms with Crippen molar-refractivity contribution < 1.29 is 15.1 Å². The molecule has 0 heterocycles. The molecule has 2 N–H and O–H groups in total. The summed E-state index contributed by atoms with van der Waals surface area (Å²) in [5.41, 5.74) is 5.30. The van der Waals surface area contributed by atoms with Crippen molar-refractivity contribution in [1.29, 1.82) is 0 Å². The van der Waals surface area contributed by atoms with Crippen LogP contribution in [0, 0.1) is 13.8 Å². The van der Waals surface area contributed by atoms with Gasteiger partial charge in [-0.1, -0.05) is 30.3 Å². The van der Waals surface area contributed by atoms with Gasteiger partial charge in [-0.15, -0.1) is 5.48 Å². The molecule has 18 heavy (non-hydrogen) atoms. The van der Waals surface area contributed by atoms with Crippen molar-refractivity contribution >= 4 is 11.7 Å². The van der Waals surface area contributed by atoms with Crippen molar-refractivity contribution in [2.75, 3.05) is 0 Å². The second kappa shape index (κ2) is 5.47. The molecule has 0 unspecified atom stereocenters. The van der Waals surface area contributed by atoms with Crippen LogP contribution in [0.4, 0.5) is 5.69 Å². The van der Waals surface area contributed by atoms with Gasteiger partial charge < -0.3 is 0 Å². The van der Waals surface area contributed by atoms with Crippen molar-refractivity contribution in [3.05, 3.63) is 65.2 Å². The number of aryl methyl sites for hydroxylation is 1. The molecule has 0 bridgehead atoms. The Kier molecular flexibility index (Phi) is 3.75. The van der Waals surface area contributed by atoms with Gasteiger partial charge in [0.2, 0.25) is 0 Å². The van der Waals surface area contributed by atoms with Gasteiger partial charge in [-0.3, -0.25) is 4.84 Å². The van der Waals surface area contributed by atoms with E-state index in [1.165, 1.54) is 11.0 Å². The number of carbonyl (C=O) groups is 1. The van der Waals surface area contributed by atoms with Crippen LogP contribution in [0.5, 0.6) is 0 Å². The van der Waals surface area contributed by atoms with Crippen LogP contribution in [0.25, 0.3) is 0 Å². The summed E-state index contributed by atoms with van der Waals surface area (Å²) >= 11 is 0. The summed E-state index contributed by atoms with van der Waals surface area (Å²) in [5.74, 6) is -0.337. The summed E-state index contributed by atoms with van der Waals surface area (Å²) in [4.78, 5) is 16.9. The Labute approximate surface area is 106 Å². The molecule has 0 saturated carbocycles. The molecular formula is C15H16NO2+. The SMILES string of the molecule is Cc1cccc([NH2+]OC(=O)c2ccccc2)c1C. The molecule has 0 fully saturated rings. The molecule has 0 aromatic heterocycles. The minimum atomic E-state index is -0.337. The Morgan fingerprint density at radius 1 is 1.00 bits per heavy atom. The first-order chi connectivity index (χ1) is 8.68. The number of carbonyl (C=O) groups excluding carboxylic acids is 1. The molecule has 0 aliphatic carbocycles. The Balaban J connectivity index is 2.04. The number of hydrogen-bond acceptors (Lipinski definition) is 2. The molecule has 3 heteroatoms. The van der Waals surface area contributed by atoms with Gasteiger partial charge in [-0.2, -0.15) is 0 Å². The van der Waals surface area contributed by atoms with Gasteiger partial charge in [-0.05, 0) is 31.5 Å². The Hall–Kier alpha value is -2.13. The van der Waals surface area contributed by atoms with Crippen LogP contribution in [0.2, 0.25) is 0 Å². The maximum absolute atomic E-state index is 11.8. The average Bonchev–Trinajstić information content (AvgIpc) is 2.41. The van der Waals surface area contributed by atoms with Crippen LogP contribution in [0.1, 0.15) is 21.5 Å². The second-order valence-electron chi connectivity index (χ2n) is 4.18. The summed E-state index contributed by atoms with van der Waals surface area (Å²) in [6, 6.07) is 14.9. The van der Waals surface area contributed by atoms with Crippen molar-refractivity contribution in [3.8, 4) is 0 Å². The fraction of sp³-hybridized carbons (Fsp3) is 0.133. The highest BCUT2D eigenvalue weighted by atomic mass is 16.7. The van der Waals surface area contributed by atoms with Crippen LogP contribution >= 0.6 is 0 Å². The van der Waals surface area contributed by atoms with Crippen LogP contribution in [-0.2, 0) is 4.84 Å². The first-order valence-electron chi connectivity index (χ1n) is 5.84. The lowest BCUT2D eigenvalue weighted by Crippen LogP contribution is -2.78. The van der Waals surface area contributed by atoms with Gasteiger partial charge in [-0.25, -0.2) is 4.79 Å². The van der Waals surface area contributed by atoms with Gasteiger partial charge in [0.25, 0.3) is 0 Å². The summed E-state index contributed by atoms with van der Waals surface area (Å²) in [7, 11) is 0. The quantitative estimate of drug-likeness (QED) is 0.662. The van der Waals surface area contributed by atoms with Crippen molar-refractivity contribution in [1.82, 2.24) is 0 Å². The topological polar surface area (TPSA) is 42.9 Å². The highest BCUT2D eigenvalue weighted by Crippen LogP contribution is 2.12. The summed E-state index contributed by atoms with van der Waals surface area (Å²) in [6.45, 7) is 4.04. The van der Waals surface area contributed by atoms with E-state index in [0.717, 1.165) is 11.3 Å². The molecule has 2 aromatic rings. The van der Waals surface area contributed by atoms with Gasteiger partial charge in [0.15, 0.2) is 5.69 Å². The average molecular weight is 242 g/mol. The largest absolute Gasteiger partial charge is 0.397 e. The van der Waals surface area contributed by atoms with E-state index in [1.807, 2.05) is 50.2 Å². The first kappa shape index (κ1) is 12.3. The van der Waals surface area contributed by atoms with Crippen molar-refractivity contribution in [3.63, 3.8) is 0 Å². The van der Waals surface area contributed by atoms with E-state index in [-0.39, 0.29) is 5.97 Å². The first-order valence-corrected chi connectivity index (χ1v) is 5.84. The van der Waals surface area contributed by atoms with Crippen molar-refractivity contribution in [2.45, 2.75) is 13.8 Å². The highest BCUT2D eigenvalue weighted by Gasteiger charge is 2.11. The summed E-state index contributed by atoms with van der Waals surface area (Å²) < 4.78 is 0. The van der Waals surface area contributed by atoms with Crippen LogP contribution < -0.4 is 5.48 Å². The Bertz CT molecular complexity index is 550. The molecule has 0 spiro atoms. The van der Waals surface area contributed by atoms with Gasteiger partial charge >= 0.3 is 5.97 Å². The predicted molar refractivity (Wildman–Crippen MR) is 69.4 cm³/mol. The fourth-order valence-electron chi connectivity index (χ4n) is 1.66. The fourth-order valence-corrected chi connectivity index (χ4v) is 1.66. The third-order valence-electron chi connectivity index (χ3n) is 2.95. The minimum Gasteiger partial charge on any atom is -0.269 e. The molecule has 2 rings (SSSR count). The van der Waals surface area contributed by atoms with E-state index < -0.39 is 0 Å². The molecule has 2 aromatic carbocycles. The predicted octanol–water partition coefficient (Wildman–Crippen LogP) is 2.27. The number of nitrogens with two attached hydrogens (primary N) is 1. The molecule has 0 aliphatic rings. The molecule has 0 amide bonds. The van der Waals surface area contributed by atoms with Crippen LogP contribution in [-0.4, -0.2) is 5.97 Å². The summed E-state index contributed by atoms with van der Waals surface area (Å²) in [5, 5.41) is 0. The van der Waals surface area contributed by atoms with E-state index >= 15 is 0 Å². The maximum atomic E-state index is 11.8. The standard InChI is InChI=1S/C15H15NO2/c1-11-7-6-10-14(12(11)2)16-18-15(17)13-8-4-3-5-9-13/h3-10,16H,1-2H3/p+1. The third kappa shape index (κ3) is 2.76. The molecule has 0 radical (unpaired) electrons. The lowest BCUT2D eigenvalue weighted by atomic mass is 10.1. The number of rotatable bonds is 3. The molecular weight excluding hydrogens is 226 g/mol. The van der Waals surface area contributed by atoms with E-state index in [1.54, 1.807) is 12.1 Å². The van der Waals surface area contributed by atoms with E-state index in [4.69, 9.17) is 4.84 Å². The van der Waals surface area contributed by atoms with Crippen LogP contribution in [0.15, 0.2) is 48.5 Å². The number of quaternary nitrogens is 1. The molecule has 3 nitrogen and oxygen atoms in total. The molecule has 92 valence electrons. The lowest BCUT2D eigenvalue weighted by molar-refractivity contribution is -0.809. The normalized spacial score (nSPS) is 10.1. The van der Waals surface area contributed by atoms with Gasteiger partial charge in [0, 0.05) is 11.6 Å². The van der Waals surface area contributed by atoms with E-state index in [0.29, 0.717) is 5.56 Å². The Morgan fingerprint density at radius 3 is 2.44 bits per heavy atom.